The van der Waals surface area contributed by atoms with E-state index >= 15 is 0 Å². The van der Waals surface area contributed by atoms with Crippen molar-refractivity contribution in [3.8, 4) is 0 Å². The summed E-state index contributed by atoms with van der Waals surface area (Å²) in [6.45, 7) is 3.75. The first kappa shape index (κ1) is 20.6. The summed E-state index contributed by atoms with van der Waals surface area (Å²) in [4.78, 5) is 36.8. The van der Waals surface area contributed by atoms with Gasteiger partial charge in [0.05, 0.1) is 21.9 Å². The molecule has 1 aromatic heterocycles. The van der Waals surface area contributed by atoms with Gasteiger partial charge in [0.1, 0.15) is 4.88 Å². The van der Waals surface area contributed by atoms with Crippen LogP contribution in [0.5, 0.6) is 0 Å². The van der Waals surface area contributed by atoms with Gasteiger partial charge in [-0.3, -0.25) is 25.2 Å². The SMILES string of the molecule is CC1=C(C)C[C@@H](C(=O)NNC(=O)c2sc3cccc(Cl)c3c2Cl)[C@@H](C(=O)O)C1. The molecule has 28 heavy (non-hydrogen) atoms. The molecular weight excluding hydrogens is 423 g/mol. The molecule has 3 N–H and O–H groups in total. The molecule has 1 aliphatic rings. The van der Waals surface area contributed by atoms with Crippen molar-refractivity contribution in [2.24, 2.45) is 11.8 Å². The summed E-state index contributed by atoms with van der Waals surface area (Å²) >= 11 is 13.6. The predicted molar refractivity (Wildman–Crippen MR) is 110 cm³/mol. The fourth-order valence-electron chi connectivity index (χ4n) is 3.31. The van der Waals surface area contributed by atoms with Gasteiger partial charge in [-0.05, 0) is 38.8 Å². The van der Waals surface area contributed by atoms with Crippen molar-refractivity contribution in [3.63, 3.8) is 0 Å². The maximum absolute atomic E-state index is 12.5. The summed E-state index contributed by atoms with van der Waals surface area (Å²) < 4.78 is 0.753. The average molecular weight is 441 g/mol. The lowest BCUT2D eigenvalue weighted by atomic mass is 9.76. The third kappa shape index (κ3) is 3.87. The number of carboxylic acids is 1. The number of carbonyl (C=O) groups is 3. The van der Waals surface area contributed by atoms with Gasteiger partial charge in [0.15, 0.2) is 0 Å². The van der Waals surface area contributed by atoms with E-state index in [0.717, 1.165) is 27.2 Å². The highest BCUT2D eigenvalue weighted by Crippen LogP contribution is 2.39. The van der Waals surface area contributed by atoms with Crippen molar-refractivity contribution in [1.82, 2.24) is 10.9 Å². The first-order valence-corrected chi connectivity index (χ1v) is 10.1. The Hall–Kier alpha value is -2.09. The lowest BCUT2D eigenvalue weighted by Gasteiger charge is -2.29. The Morgan fingerprint density at radius 1 is 1.07 bits per heavy atom. The zero-order valence-corrected chi connectivity index (χ0v) is 17.5. The molecule has 1 aromatic carbocycles. The molecule has 3 rings (SSSR count). The second kappa shape index (κ2) is 8.11. The molecule has 2 atom stereocenters. The van der Waals surface area contributed by atoms with Crippen LogP contribution in [0.4, 0.5) is 0 Å². The summed E-state index contributed by atoms with van der Waals surface area (Å²) in [6, 6.07) is 5.23. The molecule has 0 aliphatic heterocycles. The third-order valence-electron chi connectivity index (χ3n) is 5.03. The molecule has 0 radical (unpaired) electrons. The highest BCUT2D eigenvalue weighted by Gasteiger charge is 2.37. The zero-order valence-electron chi connectivity index (χ0n) is 15.1. The van der Waals surface area contributed by atoms with E-state index < -0.39 is 29.6 Å². The lowest BCUT2D eigenvalue weighted by Crippen LogP contribution is -2.47. The summed E-state index contributed by atoms with van der Waals surface area (Å²) in [7, 11) is 0. The van der Waals surface area contributed by atoms with Crippen molar-refractivity contribution in [3.05, 3.63) is 44.3 Å². The second-order valence-electron chi connectivity index (χ2n) is 6.82. The number of fused-ring (bicyclic) bond motifs is 1. The van der Waals surface area contributed by atoms with Gasteiger partial charge in [0.2, 0.25) is 5.91 Å². The fourth-order valence-corrected chi connectivity index (χ4v) is 5.16. The molecule has 0 saturated heterocycles. The van der Waals surface area contributed by atoms with Crippen LogP contribution in [0.3, 0.4) is 0 Å². The smallest absolute Gasteiger partial charge is 0.307 e. The topological polar surface area (TPSA) is 95.5 Å². The van der Waals surface area contributed by atoms with Crippen LogP contribution in [0.15, 0.2) is 29.3 Å². The van der Waals surface area contributed by atoms with Crippen molar-refractivity contribution in [2.75, 3.05) is 0 Å². The number of hydrogen-bond donors (Lipinski definition) is 3. The van der Waals surface area contributed by atoms with Crippen LogP contribution < -0.4 is 10.9 Å². The van der Waals surface area contributed by atoms with Gasteiger partial charge in [-0.1, -0.05) is 40.4 Å². The number of hydrazine groups is 1. The summed E-state index contributed by atoms with van der Waals surface area (Å²) in [5.74, 6) is -3.73. The second-order valence-corrected chi connectivity index (χ2v) is 8.66. The minimum atomic E-state index is -1.03. The largest absolute Gasteiger partial charge is 0.481 e. The van der Waals surface area contributed by atoms with Gasteiger partial charge in [0, 0.05) is 10.1 Å². The van der Waals surface area contributed by atoms with Crippen LogP contribution in [0, 0.1) is 11.8 Å². The Morgan fingerprint density at radius 3 is 2.32 bits per heavy atom. The van der Waals surface area contributed by atoms with E-state index in [1.165, 1.54) is 0 Å². The van der Waals surface area contributed by atoms with E-state index in [1.807, 2.05) is 13.8 Å². The van der Waals surface area contributed by atoms with Gasteiger partial charge >= 0.3 is 5.97 Å². The quantitative estimate of drug-likeness (QED) is 0.486. The number of aliphatic carboxylic acids is 1. The van der Waals surface area contributed by atoms with Gasteiger partial charge in [0.25, 0.3) is 5.91 Å². The van der Waals surface area contributed by atoms with Crippen LogP contribution in [-0.4, -0.2) is 22.9 Å². The maximum Gasteiger partial charge on any atom is 0.307 e. The third-order valence-corrected chi connectivity index (χ3v) is 6.99. The van der Waals surface area contributed by atoms with Crippen LogP contribution in [0.1, 0.15) is 36.4 Å². The van der Waals surface area contributed by atoms with E-state index in [9.17, 15) is 19.5 Å². The highest BCUT2D eigenvalue weighted by atomic mass is 35.5. The average Bonchev–Trinajstić information content (AvgIpc) is 2.99. The Labute approximate surface area is 175 Å². The molecule has 0 fully saturated rings. The Balaban J connectivity index is 1.74. The molecule has 9 heteroatoms. The maximum atomic E-state index is 12.5. The number of allylic oxidation sites excluding steroid dienone is 2. The summed E-state index contributed by atoms with van der Waals surface area (Å²) in [5.41, 5.74) is 6.66. The molecule has 1 heterocycles. The standard InChI is InChI=1S/C19H18Cl2N2O4S/c1-8-6-10(11(19(26)27)7-9(8)2)17(24)22-23-18(25)16-15(21)14-12(20)4-3-5-13(14)28-16/h3-5,10-11H,6-7H2,1-2H3,(H,22,24)(H,23,25)(H,26,27)/t10-,11+/m1/s1. The van der Waals surface area contributed by atoms with E-state index in [-0.39, 0.29) is 9.90 Å². The molecule has 1 aliphatic carbocycles. The number of rotatable bonds is 3. The molecule has 0 unspecified atom stereocenters. The molecular formula is C19H18Cl2N2O4S. The number of carbonyl (C=O) groups excluding carboxylic acids is 2. The monoisotopic (exact) mass is 440 g/mol. The Morgan fingerprint density at radius 2 is 1.71 bits per heavy atom. The van der Waals surface area contributed by atoms with Crippen molar-refractivity contribution >= 4 is 62.4 Å². The highest BCUT2D eigenvalue weighted by molar-refractivity contribution is 7.21. The van der Waals surface area contributed by atoms with E-state index in [0.29, 0.717) is 23.3 Å². The van der Waals surface area contributed by atoms with Crippen LogP contribution >= 0.6 is 34.5 Å². The minimum absolute atomic E-state index is 0.216. The van der Waals surface area contributed by atoms with E-state index in [1.54, 1.807) is 18.2 Å². The number of benzene rings is 1. The summed E-state index contributed by atoms with van der Waals surface area (Å²) in [6.07, 6.45) is 0.650. The molecule has 2 aromatic rings. The van der Waals surface area contributed by atoms with Crippen molar-refractivity contribution < 1.29 is 19.5 Å². The number of amides is 2. The molecule has 0 bridgehead atoms. The van der Waals surface area contributed by atoms with Crippen LogP contribution in [-0.2, 0) is 9.59 Å². The molecule has 0 saturated carbocycles. The van der Waals surface area contributed by atoms with Crippen LogP contribution in [0.25, 0.3) is 10.1 Å². The normalized spacial score (nSPS) is 19.6. The van der Waals surface area contributed by atoms with E-state index in [2.05, 4.69) is 10.9 Å². The number of carboxylic acid groups (broad SMARTS) is 1. The Bertz CT molecular complexity index is 1010. The van der Waals surface area contributed by atoms with Gasteiger partial charge in [-0.2, -0.15) is 0 Å². The molecule has 0 spiro atoms. The van der Waals surface area contributed by atoms with Gasteiger partial charge < -0.3 is 5.11 Å². The van der Waals surface area contributed by atoms with Crippen molar-refractivity contribution in [1.29, 1.82) is 0 Å². The van der Waals surface area contributed by atoms with E-state index in [4.69, 9.17) is 23.2 Å². The molecule has 148 valence electrons. The molecule has 6 nitrogen and oxygen atoms in total. The Kier molecular flexibility index (Phi) is 5.98. The summed E-state index contributed by atoms with van der Waals surface area (Å²) in [5, 5.41) is 10.7. The number of halogens is 2. The van der Waals surface area contributed by atoms with Crippen LogP contribution in [0.2, 0.25) is 10.0 Å². The lowest BCUT2D eigenvalue weighted by molar-refractivity contribution is -0.147. The minimum Gasteiger partial charge on any atom is -0.481 e. The predicted octanol–water partition coefficient (Wildman–Crippen LogP) is 4.42. The fraction of sp³-hybridized carbons (Fsp3) is 0.316. The number of hydrogen-bond acceptors (Lipinski definition) is 4. The number of nitrogens with one attached hydrogen (secondary N) is 2. The van der Waals surface area contributed by atoms with Crippen molar-refractivity contribution in [2.45, 2.75) is 26.7 Å². The first-order valence-electron chi connectivity index (χ1n) is 8.55. The zero-order chi connectivity index (χ0) is 20.6. The number of thiophene rings is 1. The van der Waals surface area contributed by atoms with Gasteiger partial charge in [-0.15, -0.1) is 11.3 Å². The van der Waals surface area contributed by atoms with Gasteiger partial charge in [-0.25, -0.2) is 0 Å². The molecule has 2 amide bonds. The first-order chi connectivity index (χ1) is 13.2.